The van der Waals surface area contributed by atoms with E-state index in [1.165, 1.54) is 250 Å². The molecule has 6 nitrogen and oxygen atoms in total. The van der Waals surface area contributed by atoms with Crippen molar-refractivity contribution in [3.8, 4) is 0 Å². The minimum absolute atomic E-state index is 0.000113. The summed E-state index contributed by atoms with van der Waals surface area (Å²) < 4.78 is 5.49. The first-order chi connectivity index (χ1) is 33.5. The molecular weight excluding hydrogens is 839 g/mol. The lowest BCUT2D eigenvalue weighted by Gasteiger charge is -2.22. The Labute approximate surface area is 424 Å². The summed E-state index contributed by atoms with van der Waals surface area (Å²) in [6.07, 6.45) is 70.3. The zero-order valence-electron chi connectivity index (χ0n) is 45.9. The van der Waals surface area contributed by atoms with Crippen molar-refractivity contribution in [2.75, 3.05) is 13.2 Å². The molecule has 402 valence electrons. The molecule has 2 atom stereocenters. The van der Waals surface area contributed by atoms with Gasteiger partial charge in [0.1, 0.15) is 0 Å². The van der Waals surface area contributed by atoms with Gasteiger partial charge in [-0.2, -0.15) is 0 Å². The molecule has 0 spiro atoms. The van der Waals surface area contributed by atoms with Crippen LogP contribution in [0.15, 0.2) is 24.3 Å². The highest BCUT2D eigenvalue weighted by Gasteiger charge is 2.20. The van der Waals surface area contributed by atoms with E-state index in [0.29, 0.717) is 25.9 Å². The Hall–Kier alpha value is -1.66. The van der Waals surface area contributed by atoms with Gasteiger partial charge in [0, 0.05) is 12.8 Å². The van der Waals surface area contributed by atoms with Crippen molar-refractivity contribution in [1.82, 2.24) is 5.32 Å². The SMILES string of the molecule is CCCCC/C=C\C/C=C\CCCCCCCCCC(=O)OCCCCCCCCCCCCCCCCCCCCC(=O)NC(CO)C(O)CCCCCCCCCCCCCCCCCC. The Kier molecular flexibility index (Phi) is 56.5. The first-order valence-electron chi connectivity index (χ1n) is 30.6. The van der Waals surface area contributed by atoms with Gasteiger partial charge in [-0.3, -0.25) is 9.59 Å². The number of carbonyl (C=O) groups is 2. The van der Waals surface area contributed by atoms with Crippen LogP contribution in [0.5, 0.6) is 0 Å². The first kappa shape index (κ1) is 66.3. The molecule has 3 N–H and O–H groups in total. The van der Waals surface area contributed by atoms with Crippen molar-refractivity contribution in [2.24, 2.45) is 0 Å². The van der Waals surface area contributed by atoms with Crippen LogP contribution in [0.4, 0.5) is 0 Å². The molecule has 0 rings (SSSR count). The van der Waals surface area contributed by atoms with Gasteiger partial charge >= 0.3 is 5.97 Å². The average molecular weight is 959 g/mol. The second-order valence-corrected chi connectivity index (χ2v) is 21.0. The third-order valence-corrected chi connectivity index (χ3v) is 14.3. The molecule has 0 aliphatic carbocycles. The standard InChI is InChI=1S/C62H119NO5/c1-3-5-7-9-11-13-15-17-19-23-28-32-36-40-44-48-52-56-62(67)68-57-53-49-45-41-37-33-29-25-22-21-24-27-31-35-39-43-47-51-55-61(66)63-59(58-64)60(65)54-50-46-42-38-34-30-26-20-18-16-14-12-10-8-6-4-2/h11,13,17,19,59-60,64-65H,3-10,12,14-16,18,20-58H2,1-2H3,(H,63,66)/b13-11-,19-17-. The summed E-state index contributed by atoms with van der Waals surface area (Å²) in [6, 6.07) is -0.545. The highest BCUT2D eigenvalue weighted by atomic mass is 16.5. The number of amides is 1. The monoisotopic (exact) mass is 958 g/mol. The van der Waals surface area contributed by atoms with E-state index < -0.39 is 12.1 Å². The molecule has 0 saturated heterocycles. The van der Waals surface area contributed by atoms with E-state index in [4.69, 9.17) is 4.74 Å². The second-order valence-electron chi connectivity index (χ2n) is 21.0. The molecule has 0 fully saturated rings. The van der Waals surface area contributed by atoms with Crippen molar-refractivity contribution >= 4 is 11.9 Å². The molecule has 0 bridgehead atoms. The van der Waals surface area contributed by atoms with E-state index >= 15 is 0 Å². The van der Waals surface area contributed by atoms with Gasteiger partial charge in [0.15, 0.2) is 0 Å². The first-order valence-corrected chi connectivity index (χ1v) is 30.6. The predicted molar refractivity (Wildman–Crippen MR) is 296 cm³/mol. The number of esters is 1. The Morgan fingerprint density at radius 1 is 0.412 bits per heavy atom. The van der Waals surface area contributed by atoms with Crippen LogP contribution in [0.2, 0.25) is 0 Å². The number of hydrogen-bond donors (Lipinski definition) is 3. The summed E-state index contributed by atoms with van der Waals surface area (Å²) in [7, 11) is 0. The summed E-state index contributed by atoms with van der Waals surface area (Å²) in [6.45, 7) is 4.94. The minimum atomic E-state index is -0.667. The van der Waals surface area contributed by atoms with E-state index in [1.807, 2.05) is 0 Å². The Bertz CT molecular complexity index is 1060. The third-order valence-electron chi connectivity index (χ3n) is 14.3. The number of hydrogen-bond acceptors (Lipinski definition) is 5. The summed E-state index contributed by atoms with van der Waals surface area (Å²) >= 11 is 0. The Morgan fingerprint density at radius 2 is 0.735 bits per heavy atom. The Morgan fingerprint density at radius 3 is 1.15 bits per heavy atom. The van der Waals surface area contributed by atoms with Crippen molar-refractivity contribution in [3.63, 3.8) is 0 Å². The van der Waals surface area contributed by atoms with E-state index in [0.717, 1.165) is 51.4 Å². The van der Waals surface area contributed by atoms with Gasteiger partial charge in [-0.05, 0) is 57.8 Å². The number of aliphatic hydroxyl groups excluding tert-OH is 2. The Balaban J connectivity index is 3.40. The summed E-state index contributed by atoms with van der Waals surface area (Å²) in [5, 5.41) is 23.3. The maximum atomic E-state index is 12.5. The summed E-state index contributed by atoms with van der Waals surface area (Å²) in [5.41, 5.74) is 0. The van der Waals surface area contributed by atoms with Gasteiger partial charge in [0.05, 0.1) is 25.4 Å². The van der Waals surface area contributed by atoms with Crippen LogP contribution in [-0.4, -0.2) is 47.4 Å². The van der Waals surface area contributed by atoms with Crippen molar-refractivity contribution in [1.29, 1.82) is 0 Å². The van der Waals surface area contributed by atoms with Gasteiger partial charge in [-0.1, -0.05) is 289 Å². The number of nitrogens with one attached hydrogen (secondary N) is 1. The predicted octanol–water partition coefficient (Wildman–Crippen LogP) is 19.0. The van der Waals surface area contributed by atoms with Crippen LogP contribution in [0.1, 0.15) is 335 Å². The van der Waals surface area contributed by atoms with E-state index in [9.17, 15) is 19.8 Å². The number of aliphatic hydroxyl groups is 2. The largest absolute Gasteiger partial charge is 0.466 e. The van der Waals surface area contributed by atoms with Gasteiger partial charge < -0.3 is 20.3 Å². The lowest BCUT2D eigenvalue weighted by Crippen LogP contribution is -2.45. The van der Waals surface area contributed by atoms with E-state index in [1.54, 1.807) is 0 Å². The molecule has 0 aliphatic heterocycles. The van der Waals surface area contributed by atoms with Crippen molar-refractivity contribution < 1.29 is 24.5 Å². The van der Waals surface area contributed by atoms with Crippen molar-refractivity contribution in [2.45, 2.75) is 347 Å². The number of unbranched alkanes of at least 4 members (excludes halogenated alkanes) is 42. The fraction of sp³-hybridized carbons (Fsp3) is 0.903. The quantitative estimate of drug-likeness (QED) is 0.0321. The molecule has 0 aromatic carbocycles. The van der Waals surface area contributed by atoms with Crippen LogP contribution in [0, 0.1) is 0 Å². The number of carbonyl (C=O) groups excluding carboxylic acids is 2. The van der Waals surface area contributed by atoms with Crippen molar-refractivity contribution in [3.05, 3.63) is 24.3 Å². The second kappa shape index (κ2) is 57.9. The van der Waals surface area contributed by atoms with Crippen LogP contribution in [0.25, 0.3) is 0 Å². The minimum Gasteiger partial charge on any atom is -0.466 e. The lowest BCUT2D eigenvalue weighted by molar-refractivity contribution is -0.143. The van der Waals surface area contributed by atoms with Gasteiger partial charge in [-0.25, -0.2) is 0 Å². The molecule has 1 amide bonds. The lowest BCUT2D eigenvalue weighted by atomic mass is 10.0. The highest BCUT2D eigenvalue weighted by Crippen LogP contribution is 2.18. The molecule has 0 aromatic rings. The van der Waals surface area contributed by atoms with E-state index in [-0.39, 0.29) is 18.5 Å². The molecular formula is C62H119NO5. The molecule has 0 heterocycles. The zero-order valence-corrected chi connectivity index (χ0v) is 45.9. The number of allylic oxidation sites excluding steroid dienone is 4. The highest BCUT2D eigenvalue weighted by molar-refractivity contribution is 5.76. The molecule has 0 aromatic heterocycles. The summed E-state index contributed by atoms with van der Waals surface area (Å²) in [4.78, 5) is 24.6. The zero-order chi connectivity index (χ0) is 49.3. The average Bonchev–Trinajstić information content (AvgIpc) is 3.34. The van der Waals surface area contributed by atoms with Crippen LogP contribution < -0.4 is 5.32 Å². The molecule has 2 unspecified atom stereocenters. The molecule has 0 aliphatic rings. The van der Waals surface area contributed by atoms with Gasteiger partial charge in [0.2, 0.25) is 5.91 Å². The molecule has 6 heteroatoms. The van der Waals surface area contributed by atoms with Gasteiger partial charge in [-0.15, -0.1) is 0 Å². The normalized spacial score (nSPS) is 12.7. The fourth-order valence-electron chi connectivity index (χ4n) is 9.55. The van der Waals surface area contributed by atoms with Crippen LogP contribution in [0.3, 0.4) is 0 Å². The smallest absolute Gasteiger partial charge is 0.305 e. The third kappa shape index (κ3) is 53.7. The fourth-order valence-corrected chi connectivity index (χ4v) is 9.55. The maximum absolute atomic E-state index is 12.5. The van der Waals surface area contributed by atoms with Crippen LogP contribution >= 0.6 is 0 Å². The molecule has 0 saturated carbocycles. The topological polar surface area (TPSA) is 95.9 Å². The molecule has 68 heavy (non-hydrogen) atoms. The number of ether oxygens (including phenoxy) is 1. The van der Waals surface area contributed by atoms with E-state index in [2.05, 4.69) is 43.5 Å². The molecule has 0 radical (unpaired) electrons. The maximum Gasteiger partial charge on any atom is 0.305 e. The van der Waals surface area contributed by atoms with Gasteiger partial charge in [0.25, 0.3) is 0 Å². The van der Waals surface area contributed by atoms with Crippen LogP contribution in [-0.2, 0) is 14.3 Å². The number of rotatable bonds is 57. The summed E-state index contributed by atoms with van der Waals surface area (Å²) in [5.74, 6) is -0.0369.